The van der Waals surface area contributed by atoms with Gasteiger partial charge >= 0.3 is 0 Å². The largest absolute Gasteiger partial charge is 0.393 e. The van der Waals surface area contributed by atoms with Crippen molar-refractivity contribution in [2.75, 3.05) is 19.6 Å². The van der Waals surface area contributed by atoms with Crippen LogP contribution >= 0.6 is 0 Å². The van der Waals surface area contributed by atoms with E-state index in [0.717, 1.165) is 42.1 Å². The third kappa shape index (κ3) is 3.30. The topological polar surface area (TPSA) is 45.5 Å². The molecule has 0 aliphatic carbocycles. The van der Waals surface area contributed by atoms with E-state index >= 15 is 0 Å². The summed E-state index contributed by atoms with van der Waals surface area (Å²) in [5, 5.41) is 9.72. The summed E-state index contributed by atoms with van der Waals surface area (Å²) in [5.74, 6) is 0.450. The minimum absolute atomic E-state index is 0.163. The van der Waals surface area contributed by atoms with Gasteiger partial charge in [0.1, 0.15) is 0 Å². The summed E-state index contributed by atoms with van der Waals surface area (Å²) in [6.07, 6.45) is 0.668. The van der Waals surface area contributed by atoms with Crippen LogP contribution in [0.1, 0.15) is 35.1 Å². The number of hydrogen-bond acceptors (Lipinski definition) is 3. The molecule has 1 N–H and O–H groups in total. The highest BCUT2D eigenvalue weighted by Gasteiger charge is 2.28. The van der Waals surface area contributed by atoms with Crippen molar-refractivity contribution in [1.82, 2.24) is 9.47 Å². The van der Waals surface area contributed by atoms with Crippen LogP contribution in [0.2, 0.25) is 0 Å². The molecule has 2 aromatic rings. The number of aliphatic hydroxyl groups excluding tert-OH is 1. The number of aryl methyl sites for hydroxylation is 1. The third-order valence-electron chi connectivity index (χ3n) is 5.10. The maximum Gasteiger partial charge on any atom is 0.178 e. The molecular formula is C20H26N2O2. The first kappa shape index (κ1) is 16.9. The molecule has 128 valence electrons. The Morgan fingerprint density at radius 2 is 2.00 bits per heavy atom. The van der Waals surface area contributed by atoms with Gasteiger partial charge in [0.05, 0.1) is 12.6 Å². The number of Topliss-reactive ketones (excluding diaryl/α,β-unsaturated/α-hetero) is 1. The number of nitrogens with zero attached hydrogens (tertiary/aromatic N) is 2. The van der Waals surface area contributed by atoms with Gasteiger partial charge in [-0.15, -0.1) is 0 Å². The predicted octanol–water partition coefficient (Wildman–Crippen LogP) is 2.98. The quantitative estimate of drug-likeness (QED) is 0.859. The number of rotatable bonds is 5. The highest BCUT2D eigenvalue weighted by molar-refractivity contribution is 5.99. The number of aromatic nitrogens is 1. The van der Waals surface area contributed by atoms with E-state index in [1.54, 1.807) is 0 Å². The van der Waals surface area contributed by atoms with Crippen molar-refractivity contribution in [3.63, 3.8) is 0 Å². The summed E-state index contributed by atoms with van der Waals surface area (Å²) < 4.78 is 2.13. The van der Waals surface area contributed by atoms with Gasteiger partial charge in [0, 0.05) is 29.2 Å². The first-order chi connectivity index (χ1) is 11.5. The molecule has 1 saturated heterocycles. The van der Waals surface area contributed by atoms with Crippen LogP contribution in [0, 0.1) is 19.8 Å². The second-order valence-electron chi connectivity index (χ2n) is 6.90. The van der Waals surface area contributed by atoms with Gasteiger partial charge in [0.15, 0.2) is 5.78 Å². The fourth-order valence-electron chi connectivity index (χ4n) is 3.71. The van der Waals surface area contributed by atoms with E-state index in [9.17, 15) is 9.90 Å². The summed E-state index contributed by atoms with van der Waals surface area (Å²) in [7, 11) is 0. The maximum absolute atomic E-state index is 12.8. The minimum atomic E-state index is -0.298. The lowest BCUT2D eigenvalue weighted by Crippen LogP contribution is -2.29. The highest BCUT2D eigenvalue weighted by atomic mass is 16.3. The molecule has 4 heteroatoms. The van der Waals surface area contributed by atoms with Gasteiger partial charge in [-0.1, -0.05) is 18.2 Å². The van der Waals surface area contributed by atoms with E-state index in [1.807, 2.05) is 45.0 Å². The number of para-hydroxylation sites is 1. The zero-order valence-corrected chi connectivity index (χ0v) is 14.7. The van der Waals surface area contributed by atoms with E-state index in [2.05, 4.69) is 21.6 Å². The Bertz CT molecular complexity index is 719. The van der Waals surface area contributed by atoms with Gasteiger partial charge in [-0.25, -0.2) is 0 Å². The van der Waals surface area contributed by atoms with Gasteiger partial charge in [-0.3, -0.25) is 9.69 Å². The number of carbonyl (C=O) groups excluding carboxylic acids is 1. The highest BCUT2D eigenvalue weighted by Crippen LogP contribution is 2.23. The number of hydrogen-bond donors (Lipinski definition) is 1. The van der Waals surface area contributed by atoms with E-state index < -0.39 is 0 Å². The molecule has 2 unspecified atom stereocenters. The Morgan fingerprint density at radius 1 is 1.29 bits per heavy atom. The normalized spacial score (nSPS) is 19.6. The molecular weight excluding hydrogens is 300 g/mol. The Hall–Kier alpha value is -1.91. The first-order valence-corrected chi connectivity index (χ1v) is 8.65. The summed E-state index contributed by atoms with van der Waals surface area (Å²) in [6, 6.07) is 12.1. The fraction of sp³-hybridized carbons (Fsp3) is 0.450. The van der Waals surface area contributed by atoms with Gasteiger partial charge < -0.3 is 9.67 Å². The van der Waals surface area contributed by atoms with Gasteiger partial charge in [-0.2, -0.15) is 0 Å². The Balaban J connectivity index is 1.77. The number of aliphatic hydroxyl groups is 1. The second kappa shape index (κ2) is 6.91. The molecule has 1 aliphatic rings. The summed E-state index contributed by atoms with van der Waals surface area (Å²) >= 11 is 0. The number of benzene rings is 1. The lowest BCUT2D eigenvalue weighted by Gasteiger charge is -2.16. The molecule has 1 aromatic carbocycles. The average Bonchev–Trinajstić information content (AvgIpc) is 3.13. The monoisotopic (exact) mass is 326 g/mol. The van der Waals surface area contributed by atoms with E-state index in [4.69, 9.17) is 0 Å². The summed E-state index contributed by atoms with van der Waals surface area (Å²) in [6.45, 7) is 8.01. The molecule has 0 spiro atoms. The molecule has 0 bridgehead atoms. The van der Waals surface area contributed by atoms with Crippen molar-refractivity contribution >= 4 is 5.78 Å². The number of carbonyl (C=O) groups is 1. The maximum atomic E-state index is 12.8. The molecule has 0 radical (unpaired) electrons. The van der Waals surface area contributed by atoms with Crippen LogP contribution < -0.4 is 0 Å². The lowest BCUT2D eigenvalue weighted by molar-refractivity contribution is 0.0925. The molecule has 3 rings (SSSR count). The lowest BCUT2D eigenvalue weighted by atomic mass is 10.0. The zero-order valence-electron chi connectivity index (χ0n) is 14.7. The summed E-state index contributed by atoms with van der Waals surface area (Å²) in [5.41, 5.74) is 3.96. The van der Waals surface area contributed by atoms with Crippen LogP contribution in [0.4, 0.5) is 0 Å². The third-order valence-corrected chi connectivity index (χ3v) is 5.10. The molecule has 24 heavy (non-hydrogen) atoms. The van der Waals surface area contributed by atoms with Crippen molar-refractivity contribution < 1.29 is 9.90 Å². The molecule has 1 fully saturated rings. The van der Waals surface area contributed by atoms with E-state index in [0.29, 0.717) is 6.54 Å². The SMILES string of the molecule is Cc1cc(C(=O)CN2CCC(C(C)O)C2)c(C)n1-c1ccccc1. The van der Waals surface area contributed by atoms with Crippen LogP contribution in [0.25, 0.3) is 5.69 Å². The average molecular weight is 326 g/mol. The fourth-order valence-corrected chi connectivity index (χ4v) is 3.71. The van der Waals surface area contributed by atoms with E-state index in [-0.39, 0.29) is 17.8 Å². The van der Waals surface area contributed by atoms with Crippen molar-refractivity contribution in [2.45, 2.75) is 33.3 Å². The Labute approximate surface area is 143 Å². The van der Waals surface area contributed by atoms with Crippen LogP contribution in [-0.2, 0) is 0 Å². The molecule has 2 atom stereocenters. The first-order valence-electron chi connectivity index (χ1n) is 8.65. The van der Waals surface area contributed by atoms with Crippen LogP contribution in [-0.4, -0.2) is 46.1 Å². The molecule has 2 heterocycles. The van der Waals surface area contributed by atoms with Crippen molar-refractivity contribution in [1.29, 1.82) is 0 Å². The van der Waals surface area contributed by atoms with Crippen LogP contribution in [0.15, 0.2) is 36.4 Å². The van der Waals surface area contributed by atoms with Crippen LogP contribution in [0.3, 0.4) is 0 Å². The van der Waals surface area contributed by atoms with Crippen molar-refractivity contribution in [3.05, 3.63) is 53.3 Å². The molecule has 1 aliphatic heterocycles. The molecule has 0 amide bonds. The zero-order chi connectivity index (χ0) is 17.3. The van der Waals surface area contributed by atoms with Crippen molar-refractivity contribution in [2.24, 2.45) is 5.92 Å². The molecule has 4 nitrogen and oxygen atoms in total. The van der Waals surface area contributed by atoms with Gasteiger partial charge in [0.25, 0.3) is 0 Å². The number of ketones is 1. The second-order valence-corrected chi connectivity index (χ2v) is 6.90. The van der Waals surface area contributed by atoms with Gasteiger partial charge in [-0.05, 0) is 57.9 Å². The molecule has 1 aromatic heterocycles. The standard InChI is InChI=1S/C20H26N2O2/c1-14-11-19(15(2)22(14)18-7-5-4-6-8-18)20(24)13-21-10-9-17(12-21)16(3)23/h4-8,11,16-17,23H,9-10,12-13H2,1-3H3. The predicted molar refractivity (Wildman–Crippen MR) is 95.8 cm³/mol. The Kier molecular flexibility index (Phi) is 4.88. The van der Waals surface area contributed by atoms with E-state index in [1.165, 1.54) is 0 Å². The number of likely N-dealkylation sites (tertiary alicyclic amines) is 1. The van der Waals surface area contributed by atoms with Gasteiger partial charge in [0.2, 0.25) is 0 Å². The minimum Gasteiger partial charge on any atom is -0.393 e. The molecule has 0 saturated carbocycles. The van der Waals surface area contributed by atoms with Crippen LogP contribution in [0.5, 0.6) is 0 Å². The Morgan fingerprint density at radius 3 is 2.62 bits per heavy atom. The summed E-state index contributed by atoms with van der Waals surface area (Å²) in [4.78, 5) is 14.9. The van der Waals surface area contributed by atoms with Crippen molar-refractivity contribution in [3.8, 4) is 5.69 Å². The smallest absolute Gasteiger partial charge is 0.178 e.